The lowest BCUT2D eigenvalue weighted by Crippen LogP contribution is -2.35. The molecule has 3 N–H and O–H groups in total. The molecule has 4 aromatic rings. The predicted octanol–water partition coefficient (Wildman–Crippen LogP) is 7.05. The molecule has 3 aliphatic rings. The Morgan fingerprint density at radius 1 is 0.864 bits per heavy atom. The van der Waals surface area contributed by atoms with Crippen LogP contribution in [0.4, 0.5) is 17.1 Å². The summed E-state index contributed by atoms with van der Waals surface area (Å²) >= 11 is 0. The van der Waals surface area contributed by atoms with Crippen LogP contribution in [0.2, 0.25) is 0 Å². The molecule has 4 aromatic carbocycles. The summed E-state index contributed by atoms with van der Waals surface area (Å²) in [5, 5.41) is 6.77. The fourth-order valence-electron chi connectivity index (χ4n) is 7.64. The van der Waals surface area contributed by atoms with Gasteiger partial charge in [0.2, 0.25) is 0 Å². The molecule has 9 heteroatoms. The van der Waals surface area contributed by atoms with E-state index in [0.717, 1.165) is 5.69 Å². The number of methoxy groups -OCH3 is 2. The predicted molar refractivity (Wildman–Crippen MR) is 171 cm³/mol. The van der Waals surface area contributed by atoms with Crippen molar-refractivity contribution < 1.29 is 22.7 Å². The van der Waals surface area contributed by atoms with Gasteiger partial charge in [-0.05, 0) is 109 Å². The van der Waals surface area contributed by atoms with E-state index < -0.39 is 10.0 Å². The molecule has 0 aromatic heterocycles. The van der Waals surface area contributed by atoms with Crippen LogP contribution in [0, 0.1) is 17.8 Å². The first-order chi connectivity index (χ1) is 21.3. The molecule has 1 amide bonds. The lowest BCUT2D eigenvalue weighted by atomic mass is 9.68. The van der Waals surface area contributed by atoms with Gasteiger partial charge < -0.3 is 20.1 Å². The third-order valence-electron chi connectivity index (χ3n) is 9.58. The number of nitrogens with one attached hydrogen (secondary N) is 3. The van der Waals surface area contributed by atoms with Gasteiger partial charge in [0.25, 0.3) is 15.9 Å². The third-order valence-corrected chi connectivity index (χ3v) is 11.0. The highest BCUT2D eigenvalue weighted by atomic mass is 32.2. The number of benzene rings is 4. The number of rotatable bonds is 8. The fourth-order valence-corrected chi connectivity index (χ4v) is 8.70. The van der Waals surface area contributed by atoms with Crippen molar-refractivity contribution in [2.24, 2.45) is 17.8 Å². The maximum Gasteiger partial charge on any atom is 0.262 e. The van der Waals surface area contributed by atoms with Gasteiger partial charge in [-0.3, -0.25) is 9.52 Å². The maximum atomic E-state index is 13.4. The minimum Gasteiger partial charge on any atom is -0.497 e. The van der Waals surface area contributed by atoms with Crippen molar-refractivity contribution in [3.05, 3.63) is 108 Å². The molecule has 0 radical (unpaired) electrons. The molecule has 2 fully saturated rings. The topological polar surface area (TPSA) is 106 Å². The average molecular weight is 610 g/mol. The minimum atomic E-state index is -3.92. The lowest BCUT2D eigenvalue weighted by molar-refractivity contribution is 0.102. The summed E-state index contributed by atoms with van der Waals surface area (Å²) in [6.07, 6.45) is 3.78. The van der Waals surface area contributed by atoms with E-state index in [1.54, 1.807) is 30.3 Å². The Morgan fingerprint density at radius 3 is 2.39 bits per heavy atom. The molecule has 5 atom stereocenters. The van der Waals surface area contributed by atoms with E-state index in [1.165, 1.54) is 56.7 Å². The van der Waals surface area contributed by atoms with Crippen LogP contribution in [-0.2, 0) is 10.0 Å². The smallest absolute Gasteiger partial charge is 0.262 e. The van der Waals surface area contributed by atoms with Crippen LogP contribution in [0.1, 0.15) is 52.7 Å². The van der Waals surface area contributed by atoms with Crippen molar-refractivity contribution in [1.29, 1.82) is 0 Å². The summed E-state index contributed by atoms with van der Waals surface area (Å²) in [4.78, 5) is 13.5. The fraction of sp³-hybridized carbons (Fsp3) is 0.286. The Balaban J connectivity index is 1.09. The van der Waals surface area contributed by atoms with E-state index >= 15 is 0 Å². The number of sulfonamides is 1. The van der Waals surface area contributed by atoms with Gasteiger partial charge in [-0.2, -0.15) is 0 Å². The SMILES string of the molecule is COc1ccc(OC)c(NS(=O)(=O)c2ccc(NC(=O)c3ccc4c(c3)[C@@H]3[C@H]5CC[C@@H](C5)[C@@H]3[C@H](c3ccccc3)N4)cc2)c1. The third kappa shape index (κ3) is 5.05. The van der Waals surface area contributed by atoms with Gasteiger partial charge in [0.15, 0.2) is 0 Å². The Hall–Kier alpha value is -4.50. The van der Waals surface area contributed by atoms with Gasteiger partial charge in [0.05, 0.1) is 30.8 Å². The van der Waals surface area contributed by atoms with Crippen LogP contribution in [0.3, 0.4) is 0 Å². The standard InChI is InChI=1S/C35H35N3O5S/c1-42-26-13-17-31(43-2)30(20-26)38-44(40,41)27-14-11-25(12-15-27)36-35(39)24-10-16-29-28(19-24)32-22-8-9-23(18-22)33(32)34(37-29)21-6-4-3-5-7-21/h3-7,10-17,19-20,22-23,32-34,37-38H,8-9,18H2,1-2H3,(H,36,39)/t22-,23-,32-,33-,34-/m0/s1. The molecule has 44 heavy (non-hydrogen) atoms. The molecule has 2 bridgehead atoms. The van der Waals surface area contributed by atoms with Gasteiger partial charge in [-0.1, -0.05) is 30.3 Å². The van der Waals surface area contributed by atoms with Crippen LogP contribution in [0.15, 0.2) is 95.9 Å². The highest BCUT2D eigenvalue weighted by Gasteiger charge is 2.53. The van der Waals surface area contributed by atoms with E-state index in [1.807, 2.05) is 12.1 Å². The van der Waals surface area contributed by atoms with E-state index in [-0.39, 0.29) is 22.5 Å². The summed E-state index contributed by atoms with van der Waals surface area (Å²) in [6.45, 7) is 0. The number of amides is 1. The molecule has 226 valence electrons. The zero-order valence-corrected chi connectivity index (χ0v) is 25.4. The van der Waals surface area contributed by atoms with Crippen molar-refractivity contribution in [2.45, 2.75) is 36.1 Å². The van der Waals surface area contributed by atoms with Crippen LogP contribution < -0.4 is 24.8 Å². The Bertz CT molecular complexity index is 1810. The molecular weight excluding hydrogens is 574 g/mol. The molecule has 2 saturated carbocycles. The minimum absolute atomic E-state index is 0.0514. The highest BCUT2D eigenvalue weighted by Crippen LogP contribution is 2.63. The zero-order valence-electron chi connectivity index (χ0n) is 24.6. The monoisotopic (exact) mass is 609 g/mol. The number of carbonyl (C=O) groups excluding carboxylic acids is 1. The van der Waals surface area contributed by atoms with Gasteiger partial charge >= 0.3 is 0 Å². The van der Waals surface area contributed by atoms with Crippen LogP contribution in [0.25, 0.3) is 0 Å². The lowest BCUT2D eigenvalue weighted by Gasteiger charge is -2.43. The van der Waals surface area contributed by atoms with Gasteiger partial charge in [0, 0.05) is 23.0 Å². The molecule has 0 unspecified atom stereocenters. The molecule has 2 aliphatic carbocycles. The quantitative estimate of drug-likeness (QED) is 0.198. The van der Waals surface area contributed by atoms with Gasteiger partial charge in [0.1, 0.15) is 11.5 Å². The zero-order chi connectivity index (χ0) is 30.4. The summed E-state index contributed by atoms with van der Waals surface area (Å²) in [5.41, 5.74) is 5.03. The van der Waals surface area contributed by atoms with Crippen LogP contribution >= 0.6 is 0 Å². The first kappa shape index (κ1) is 28.3. The molecule has 7 rings (SSSR count). The number of carbonyl (C=O) groups is 1. The molecule has 0 saturated heterocycles. The summed E-state index contributed by atoms with van der Waals surface area (Å²) in [6, 6.07) is 27.9. The normalized spacial score (nSPS) is 23.2. The van der Waals surface area contributed by atoms with Crippen LogP contribution in [-0.4, -0.2) is 28.5 Å². The molecular formula is C35H35N3O5S. The largest absolute Gasteiger partial charge is 0.497 e. The first-order valence-corrected chi connectivity index (χ1v) is 16.4. The Labute approximate surface area is 257 Å². The second-order valence-electron chi connectivity index (χ2n) is 11.9. The first-order valence-electron chi connectivity index (χ1n) is 15.0. The van der Waals surface area contributed by atoms with E-state index in [9.17, 15) is 13.2 Å². The van der Waals surface area contributed by atoms with E-state index in [0.29, 0.717) is 46.4 Å². The second-order valence-corrected chi connectivity index (χ2v) is 13.6. The van der Waals surface area contributed by atoms with Crippen molar-refractivity contribution in [3.63, 3.8) is 0 Å². The van der Waals surface area contributed by atoms with Crippen molar-refractivity contribution in [3.8, 4) is 11.5 Å². The molecule has 0 spiro atoms. The van der Waals surface area contributed by atoms with E-state index in [2.05, 4.69) is 51.8 Å². The number of ether oxygens (including phenoxy) is 2. The summed E-state index contributed by atoms with van der Waals surface area (Å²) in [7, 11) is -0.951. The van der Waals surface area contributed by atoms with Gasteiger partial charge in [-0.15, -0.1) is 0 Å². The van der Waals surface area contributed by atoms with Crippen molar-refractivity contribution in [1.82, 2.24) is 0 Å². The Kier molecular flexibility index (Phi) is 7.20. The van der Waals surface area contributed by atoms with Crippen molar-refractivity contribution >= 4 is 33.0 Å². The second kappa shape index (κ2) is 11.2. The summed E-state index contributed by atoms with van der Waals surface area (Å²) < 4.78 is 39.3. The van der Waals surface area contributed by atoms with Gasteiger partial charge in [-0.25, -0.2) is 8.42 Å². The van der Waals surface area contributed by atoms with Crippen molar-refractivity contribution in [2.75, 3.05) is 29.6 Å². The molecule has 1 aliphatic heterocycles. The number of anilines is 3. The average Bonchev–Trinajstić information content (AvgIpc) is 3.68. The van der Waals surface area contributed by atoms with Crippen LogP contribution in [0.5, 0.6) is 11.5 Å². The number of hydrogen-bond donors (Lipinski definition) is 3. The summed E-state index contributed by atoms with van der Waals surface area (Å²) in [5.74, 6) is 2.92. The highest BCUT2D eigenvalue weighted by molar-refractivity contribution is 7.92. The number of fused-ring (bicyclic) bond motifs is 7. The Morgan fingerprint density at radius 2 is 1.64 bits per heavy atom. The molecule has 1 heterocycles. The molecule has 8 nitrogen and oxygen atoms in total. The maximum absolute atomic E-state index is 13.4. The number of hydrogen-bond acceptors (Lipinski definition) is 6. The van der Waals surface area contributed by atoms with E-state index in [4.69, 9.17) is 9.47 Å².